The average molecular weight is 375 g/mol. The van der Waals surface area contributed by atoms with Crippen LogP contribution >= 0.6 is 11.6 Å². The van der Waals surface area contributed by atoms with Crippen molar-refractivity contribution >= 4 is 17.5 Å². The second kappa shape index (κ2) is 7.02. The van der Waals surface area contributed by atoms with Crippen LogP contribution in [0.4, 0.5) is 0 Å². The van der Waals surface area contributed by atoms with E-state index >= 15 is 0 Å². The maximum absolute atomic E-state index is 12.7. The highest BCUT2D eigenvalue weighted by atomic mass is 35.5. The minimum atomic E-state index is -0.452. The Morgan fingerprint density at radius 3 is 2.69 bits per heavy atom. The number of carbonyl (C=O) groups is 1. The number of piperazine rings is 1. The van der Waals surface area contributed by atoms with Crippen LogP contribution < -0.4 is 10.6 Å². The molecule has 7 heteroatoms. The number of aryl methyl sites for hydroxylation is 1. The number of amides is 1. The van der Waals surface area contributed by atoms with Gasteiger partial charge in [-0.2, -0.15) is 0 Å². The molecule has 3 heterocycles. The third-order valence-corrected chi connectivity index (χ3v) is 5.65. The van der Waals surface area contributed by atoms with Crippen LogP contribution in [0.3, 0.4) is 0 Å². The Morgan fingerprint density at radius 2 is 1.96 bits per heavy atom. The highest BCUT2D eigenvalue weighted by Gasteiger charge is 2.47. The molecule has 138 valence electrons. The Morgan fingerprint density at radius 1 is 1.23 bits per heavy atom. The zero-order valence-corrected chi connectivity index (χ0v) is 15.6. The number of hydrogen-bond donors (Lipinski definition) is 2. The molecule has 0 aliphatic carbocycles. The maximum Gasteiger partial charge on any atom is 0.240 e. The molecule has 26 heavy (non-hydrogen) atoms. The molecule has 0 atom stereocenters. The fourth-order valence-electron chi connectivity index (χ4n) is 3.99. The van der Waals surface area contributed by atoms with E-state index in [4.69, 9.17) is 16.0 Å². The predicted octanol–water partition coefficient (Wildman–Crippen LogP) is 2.36. The highest BCUT2D eigenvalue weighted by molar-refractivity contribution is 6.30. The van der Waals surface area contributed by atoms with E-state index in [1.54, 1.807) is 0 Å². The van der Waals surface area contributed by atoms with Gasteiger partial charge in [0.15, 0.2) is 5.76 Å². The number of rotatable bonds is 3. The first-order valence-electron chi connectivity index (χ1n) is 9.05. The molecule has 0 radical (unpaired) electrons. The number of nitrogens with zero attached hydrogens (tertiary/aromatic N) is 2. The van der Waals surface area contributed by atoms with Gasteiger partial charge in [-0.3, -0.25) is 9.69 Å². The molecule has 2 aromatic rings. The molecular formula is C19H23ClN4O2. The molecule has 2 N–H and O–H groups in total. The van der Waals surface area contributed by atoms with Crippen LogP contribution in [0.15, 0.2) is 28.7 Å². The van der Waals surface area contributed by atoms with Crippen molar-refractivity contribution in [3.8, 4) is 11.3 Å². The fourth-order valence-corrected chi connectivity index (χ4v) is 4.12. The number of carbonyl (C=O) groups excluding carboxylic acids is 1. The van der Waals surface area contributed by atoms with Gasteiger partial charge < -0.3 is 15.1 Å². The molecule has 2 fully saturated rings. The van der Waals surface area contributed by atoms with Gasteiger partial charge in [-0.25, -0.2) is 4.98 Å². The van der Waals surface area contributed by atoms with Gasteiger partial charge >= 0.3 is 0 Å². The van der Waals surface area contributed by atoms with Crippen LogP contribution in [0, 0.1) is 6.92 Å². The molecule has 0 bridgehead atoms. The van der Waals surface area contributed by atoms with Crippen molar-refractivity contribution in [1.82, 2.24) is 20.5 Å². The van der Waals surface area contributed by atoms with E-state index in [-0.39, 0.29) is 5.91 Å². The second-order valence-electron chi connectivity index (χ2n) is 6.99. The van der Waals surface area contributed by atoms with Crippen molar-refractivity contribution in [1.29, 1.82) is 0 Å². The van der Waals surface area contributed by atoms with Gasteiger partial charge in [0.05, 0.1) is 12.2 Å². The van der Waals surface area contributed by atoms with Gasteiger partial charge in [-0.05, 0) is 57.1 Å². The van der Waals surface area contributed by atoms with Crippen molar-refractivity contribution in [2.24, 2.45) is 0 Å². The summed E-state index contributed by atoms with van der Waals surface area (Å²) in [5.41, 5.74) is 1.36. The van der Waals surface area contributed by atoms with Crippen molar-refractivity contribution in [3.63, 3.8) is 0 Å². The lowest BCUT2D eigenvalue weighted by Gasteiger charge is -2.47. The van der Waals surface area contributed by atoms with Gasteiger partial charge in [0.1, 0.15) is 5.54 Å². The molecule has 2 saturated heterocycles. The Bertz CT molecular complexity index is 796. The number of benzene rings is 1. The zero-order chi connectivity index (χ0) is 18.1. The van der Waals surface area contributed by atoms with E-state index in [0.29, 0.717) is 24.0 Å². The minimum absolute atomic E-state index is 0.131. The maximum atomic E-state index is 12.7. The third kappa shape index (κ3) is 3.13. The predicted molar refractivity (Wildman–Crippen MR) is 99.9 cm³/mol. The van der Waals surface area contributed by atoms with Gasteiger partial charge in [-0.15, -0.1) is 0 Å². The van der Waals surface area contributed by atoms with Crippen LogP contribution in [0.1, 0.15) is 24.4 Å². The fraction of sp³-hybridized carbons (Fsp3) is 0.474. The second-order valence-corrected chi connectivity index (χ2v) is 7.42. The highest BCUT2D eigenvalue weighted by Crippen LogP contribution is 2.32. The van der Waals surface area contributed by atoms with Crippen LogP contribution in [-0.2, 0) is 11.3 Å². The minimum Gasteiger partial charge on any atom is -0.439 e. The van der Waals surface area contributed by atoms with Gasteiger partial charge in [0.25, 0.3) is 0 Å². The molecule has 0 unspecified atom stereocenters. The third-order valence-electron chi connectivity index (χ3n) is 5.40. The standard InChI is InChI=1S/C19H23ClN4O2/c1-13-17(14-2-4-15(20)5-3-14)26-16(23-13)12-24-11-10-22-18(25)19(24)6-8-21-9-7-19/h2-5,21H,6-12H2,1H3,(H,22,25). The first-order chi connectivity index (χ1) is 12.6. The van der Waals surface area contributed by atoms with Gasteiger partial charge in [0.2, 0.25) is 11.8 Å². The SMILES string of the molecule is Cc1nc(CN2CCNC(=O)C23CCNCC3)oc1-c1ccc(Cl)cc1. The van der Waals surface area contributed by atoms with Crippen LogP contribution in [0.2, 0.25) is 5.02 Å². The molecular weight excluding hydrogens is 352 g/mol. The van der Waals surface area contributed by atoms with Gasteiger partial charge in [0, 0.05) is 23.7 Å². The number of halogens is 1. The molecule has 1 aromatic carbocycles. The molecule has 2 aliphatic rings. The number of oxazole rings is 1. The van der Waals surface area contributed by atoms with E-state index in [2.05, 4.69) is 20.5 Å². The first-order valence-corrected chi connectivity index (χ1v) is 9.43. The molecule has 1 aromatic heterocycles. The van der Waals surface area contributed by atoms with E-state index in [0.717, 1.165) is 49.5 Å². The normalized spacial score (nSPS) is 20.3. The lowest BCUT2D eigenvalue weighted by Crippen LogP contribution is -2.67. The van der Waals surface area contributed by atoms with E-state index < -0.39 is 5.54 Å². The Kier molecular flexibility index (Phi) is 4.73. The Balaban J connectivity index is 1.59. The summed E-state index contributed by atoms with van der Waals surface area (Å²) in [5.74, 6) is 1.55. The van der Waals surface area contributed by atoms with Crippen molar-refractivity contribution in [2.45, 2.75) is 31.8 Å². The zero-order valence-electron chi connectivity index (χ0n) is 14.8. The Hall–Kier alpha value is -1.89. The van der Waals surface area contributed by atoms with Crippen LogP contribution in [0.25, 0.3) is 11.3 Å². The molecule has 1 spiro atoms. The van der Waals surface area contributed by atoms with Crippen molar-refractivity contribution in [2.75, 3.05) is 26.2 Å². The monoisotopic (exact) mass is 374 g/mol. The topological polar surface area (TPSA) is 70.4 Å². The summed E-state index contributed by atoms with van der Waals surface area (Å²) in [6.07, 6.45) is 1.62. The summed E-state index contributed by atoms with van der Waals surface area (Å²) in [7, 11) is 0. The van der Waals surface area contributed by atoms with Gasteiger partial charge in [-0.1, -0.05) is 11.6 Å². The summed E-state index contributed by atoms with van der Waals surface area (Å²) in [4.78, 5) is 19.5. The molecule has 1 amide bonds. The van der Waals surface area contributed by atoms with Crippen LogP contribution in [-0.4, -0.2) is 47.5 Å². The number of piperidine rings is 1. The number of aromatic nitrogens is 1. The average Bonchev–Trinajstić information content (AvgIpc) is 3.01. The van der Waals surface area contributed by atoms with Crippen molar-refractivity contribution in [3.05, 3.63) is 40.9 Å². The van der Waals surface area contributed by atoms with E-state index in [9.17, 15) is 4.79 Å². The molecule has 6 nitrogen and oxygen atoms in total. The summed E-state index contributed by atoms with van der Waals surface area (Å²) in [5, 5.41) is 7.07. The molecule has 4 rings (SSSR count). The summed E-state index contributed by atoms with van der Waals surface area (Å²) < 4.78 is 6.07. The largest absolute Gasteiger partial charge is 0.439 e. The van der Waals surface area contributed by atoms with Crippen molar-refractivity contribution < 1.29 is 9.21 Å². The van der Waals surface area contributed by atoms with E-state index in [1.165, 1.54) is 0 Å². The molecule has 0 saturated carbocycles. The number of hydrogen-bond acceptors (Lipinski definition) is 5. The van der Waals surface area contributed by atoms with E-state index in [1.807, 2.05) is 31.2 Å². The summed E-state index contributed by atoms with van der Waals surface area (Å²) >= 11 is 5.97. The number of nitrogens with one attached hydrogen (secondary N) is 2. The lowest BCUT2D eigenvalue weighted by atomic mass is 9.84. The Labute approximate surface area is 157 Å². The van der Waals surface area contributed by atoms with Crippen LogP contribution in [0.5, 0.6) is 0 Å². The summed E-state index contributed by atoms with van der Waals surface area (Å²) in [6, 6.07) is 7.56. The smallest absolute Gasteiger partial charge is 0.240 e. The molecule has 2 aliphatic heterocycles. The summed E-state index contributed by atoms with van der Waals surface area (Å²) in [6.45, 7) is 5.66. The first kappa shape index (κ1) is 17.5. The lowest BCUT2D eigenvalue weighted by molar-refractivity contribution is -0.140. The quantitative estimate of drug-likeness (QED) is 0.863.